The smallest absolute Gasteiger partial charge is 0.410 e. The lowest BCUT2D eigenvalue weighted by Gasteiger charge is -2.38. The average molecular weight is 334 g/mol. The summed E-state index contributed by atoms with van der Waals surface area (Å²) in [5.74, 6) is 1.53. The van der Waals surface area contributed by atoms with Crippen molar-refractivity contribution >= 4 is 6.09 Å². The van der Waals surface area contributed by atoms with Crippen molar-refractivity contribution in [3.8, 4) is 11.5 Å². The number of ether oxygens (including phenoxy) is 3. The van der Waals surface area contributed by atoms with Gasteiger partial charge in [-0.25, -0.2) is 4.79 Å². The minimum atomic E-state index is -0.342. The largest absolute Gasteiger partial charge is 0.493 e. The molecule has 6 heteroatoms. The molecule has 2 heterocycles. The van der Waals surface area contributed by atoms with E-state index < -0.39 is 0 Å². The molecule has 2 saturated heterocycles. The van der Waals surface area contributed by atoms with Crippen LogP contribution in [0.4, 0.5) is 4.79 Å². The number of hydrogen-bond donors (Lipinski definition) is 0. The van der Waals surface area contributed by atoms with Gasteiger partial charge >= 0.3 is 6.09 Å². The molecule has 0 bridgehead atoms. The third-order valence-electron chi connectivity index (χ3n) is 4.74. The molecule has 0 saturated carbocycles. The van der Waals surface area contributed by atoms with E-state index in [9.17, 15) is 4.79 Å². The van der Waals surface area contributed by atoms with Crippen molar-refractivity contribution < 1.29 is 19.0 Å². The maximum atomic E-state index is 11.7. The van der Waals surface area contributed by atoms with Gasteiger partial charge in [-0.3, -0.25) is 4.90 Å². The van der Waals surface area contributed by atoms with E-state index in [0.29, 0.717) is 13.2 Å². The Labute approximate surface area is 143 Å². The van der Waals surface area contributed by atoms with Crippen molar-refractivity contribution in [3.05, 3.63) is 23.8 Å². The molecule has 0 radical (unpaired) electrons. The molecule has 24 heavy (non-hydrogen) atoms. The molecule has 6 nitrogen and oxygen atoms in total. The first kappa shape index (κ1) is 16.9. The number of piperidine rings is 1. The van der Waals surface area contributed by atoms with Gasteiger partial charge in [-0.2, -0.15) is 0 Å². The van der Waals surface area contributed by atoms with Crippen LogP contribution in [-0.4, -0.2) is 68.4 Å². The van der Waals surface area contributed by atoms with Gasteiger partial charge in [0.15, 0.2) is 11.5 Å². The molecule has 2 aliphatic rings. The Bertz CT molecular complexity index is 607. The molecule has 2 fully saturated rings. The Morgan fingerprint density at radius 3 is 2.83 bits per heavy atom. The molecule has 1 aromatic carbocycles. The SMILES string of the molecule is COc1cc(C)ccc1OCCN1CCC[C@@]2(C1)CN(C)C(=O)O2. The maximum Gasteiger partial charge on any atom is 0.410 e. The van der Waals surface area contributed by atoms with E-state index >= 15 is 0 Å². The zero-order valence-corrected chi connectivity index (χ0v) is 14.7. The lowest BCUT2D eigenvalue weighted by atomic mass is 9.93. The molecular formula is C18H26N2O4. The van der Waals surface area contributed by atoms with Crippen LogP contribution in [0.25, 0.3) is 0 Å². The van der Waals surface area contributed by atoms with Gasteiger partial charge in [-0.15, -0.1) is 0 Å². The number of rotatable bonds is 5. The van der Waals surface area contributed by atoms with E-state index in [-0.39, 0.29) is 11.7 Å². The Kier molecular flexibility index (Phi) is 4.85. The van der Waals surface area contributed by atoms with Crippen molar-refractivity contribution in [1.82, 2.24) is 9.80 Å². The lowest BCUT2D eigenvalue weighted by Crippen LogP contribution is -2.51. The standard InChI is InChI=1S/C18H26N2O4/c1-14-5-6-15(16(11-14)22-3)23-10-9-20-8-4-7-18(13-20)12-19(2)17(21)24-18/h5-6,11H,4,7-10,12-13H2,1-3H3/t18-/m0/s1. The van der Waals surface area contributed by atoms with E-state index in [2.05, 4.69) is 4.90 Å². The fraction of sp³-hybridized carbons (Fsp3) is 0.611. The number of methoxy groups -OCH3 is 1. The van der Waals surface area contributed by atoms with Gasteiger partial charge in [-0.05, 0) is 44.0 Å². The van der Waals surface area contributed by atoms with Crippen molar-refractivity contribution in [1.29, 1.82) is 0 Å². The number of carbonyl (C=O) groups is 1. The van der Waals surface area contributed by atoms with E-state index in [1.165, 1.54) is 0 Å². The number of benzene rings is 1. The summed E-state index contributed by atoms with van der Waals surface area (Å²) in [7, 11) is 3.45. The maximum absolute atomic E-state index is 11.7. The van der Waals surface area contributed by atoms with Crippen LogP contribution >= 0.6 is 0 Å². The second kappa shape index (κ2) is 6.89. The lowest BCUT2D eigenvalue weighted by molar-refractivity contribution is -0.0117. The van der Waals surface area contributed by atoms with E-state index in [1.807, 2.05) is 25.1 Å². The summed E-state index contributed by atoms with van der Waals surface area (Å²) in [4.78, 5) is 15.7. The van der Waals surface area contributed by atoms with Crippen molar-refractivity contribution in [2.24, 2.45) is 0 Å². The van der Waals surface area contributed by atoms with Gasteiger partial charge in [-0.1, -0.05) is 6.07 Å². The zero-order valence-electron chi connectivity index (χ0n) is 14.7. The molecule has 2 aliphatic heterocycles. The van der Waals surface area contributed by atoms with E-state index in [1.54, 1.807) is 19.1 Å². The summed E-state index contributed by atoms with van der Waals surface area (Å²) < 4.78 is 16.9. The number of likely N-dealkylation sites (N-methyl/N-ethyl adjacent to an activating group) is 1. The van der Waals surface area contributed by atoms with Gasteiger partial charge < -0.3 is 19.1 Å². The minimum absolute atomic E-state index is 0.211. The zero-order chi connectivity index (χ0) is 17.2. The second-order valence-electron chi connectivity index (χ2n) is 6.79. The number of nitrogens with zero attached hydrogens (tertiary/aromatic N) is 2. The summed E-state index contributed by atoms with van der Waals surface area (Å²) >= 11 is 0. The summed E-state index contributed by atoms with van der Waals surface area (Å²) in [5.41, 5.74) is 0.801. The topological polar surface area (TPSA) is 51.2 Å². The second-order valence-corrected chi connectivity index (χ2v) is 6.79. The van der Waals surface area contributed by atoms with Gasteiger partial charge in [0.1, 0.15) is 12.2 Å². The third kappa shape index (κ3) is 3.59. The molecule has 1 amide bonds. The Balaban J connectivity index is 1.53. The highest BCUT2D eigenvalue weighted by Crippen LogP contribution is 2.31. The van der Waals surface area contributed by atoms with Crippen molar-refractivity contribution in [2.45, 2.75) is 25.4 Å². The first-order valence-electron chi connectivity index (χ1n) is 8.45. The first-order chi connectivity index (χ1) is 11.5. The average Bonchev–Trinajstić information content (AvgIpc) is 2.82. The molecule has 3 rings (SSSR count). The van der Waals surface area contributed by atoms with Gasteiger partial charge in [0.2, 0.25) is 0 Å². The van der Waals surface area contributed by atoms with E-state index in [4.69, 9.17) is 14.2 Å². The molecule has 1 aromatic rings. The minimum Gasteiger partial charge on any atom is -0.493 e. The molecule has 0 aliphatic carbocycles. The highest BCUT2D eigenvalue weighted by atomic mass is 16.6. The number of aryl methyl sites for hydroxylation is 1. The monoisotopic (exact) mass is 334 g/mol. The van der Waals surface area contributed by atoms with Crippen LogP contribution in [0.15, 0.2) is 18.2 Å². The fourth-order valence-electron chi connectivity index (χ4n) is 3.56. The Hall–Kier alpha value is -1.95. The normalized spacial score (nSPS) is 24.3. The van der Waals surface area contributed by atoms with Crippen LogP contribution in [-0.2, 0) is 4.74 Å². The van der Waals surface area contributed by atoms with Crippen LogP contribution < -0.4 is 9.47 Å². The molecule has 1 atom stereocenters. The van der Waals surface area contributed by atoms with Crippen LogP contribution in [0.2, 0.25) is 0 Å². The Morgan fingerprint density at radius 2 is 2.12 bits per heavy atom. The van der Waals surface area contributed by atoms with Crippen molar-refractivity contribution in [3.63, 3.8) is 0 Å². The third-order valence-corrected chi connectivity index (χ3v) is 4.74. The van der Waals surface area contributed by atoms with Crippen LogP contribution in [0.1, 0.15) is 18.4 Å². The Morgan fingerprint density at radius 1 is 1.29 bits per heavy atom. The predicted molar refractivity (Wildman–Crippen MR) is 90.7 cm³/mol. The molecule has 0 N–H and O–H groups in total. The number of likely N-dealkylation sites (tertiary alicyclic amines) is 1. The van der Waals surface area contributed by atoms with Gasteiger partial charge in [0, 0.05) is 20.1 Å². The fourth-order valence-corrected chi connectivity index (χ4v) is 3.56. The molecule has 132 valence electrons. The molecule has 0 aromatic heterocycles. The van der Waals surface area contributed by atoms with Crippen molar-refractivity contribution in [2.75, 3.05) is 46.9 Å². The van der Waals surface area contributed by atoms with E-state index in [0.717, 1.165) is 49.5 Å². The number of carbonyl (C=O) groups excluding carboxylic acids is 1. The summed E-state index contributed by atoms with van der Waals surface area (Å²) in [6, 6.07) is 5.93. The van der Waals surface area contributed by atoms with Gasteiger partial charge in [0.25, 0.3) is 0 Å². The number of hydrogen-bond acceptors (Lipinski definition) is 5. The van der Waals surface area contributed by atoms with Crippen LogP contribution in [0.5, 0.6) is 11.5 Å². The van der Waals surface area contributed by atoms with Gasteiger partial charge in [0.05, 0.1) is 13.7 Å². The highest BCUT2D eigenvalue weighted by Gasteiger charge is 2.46. The first-order valence-corrected chi connectivity index (χ1v) is 8.45. The molecular weight excluding hydrogens is 308 g/mol. The predicted octanol–water partition coefficient (Wildman–Crippen LogP) is 2.30. The molecule has 0 unspecified atom stereocenters. The summed E-state index contributed by atoms with van der Waals surface area (Å²) in [6.45, 7) is 5.88. The highest BCUT2D eigenvalue weighted by molar-refractivity contribution is 5.70. The summed E-state index contributed by atoms with van der Waals surface area (Å²) in [6.07, 6.45) is 1.76. The van der Waals surface area contributed by atoms with Crippen LogP contribution in [0, 0.1) is 6.92 Å². The molecule has 1 spiro atoms. The number of amides is 1. The van der Waals surface area contributed by atoms with Crippen LogP contribution in [0.3, 0.4) is 0 Å². The summed E-state index contributed by atoms with van der Waals surface area (Å²) in [5, 5.41) is 0. The quantitative estimate of drug-likeness (QED) is 0.827.